The molecular weight excluding hydrogens is 417 g/mol. The molecule has 0 saturated carbocycles. The van der Waals surface area contributed by atoms with Crippen molar-refractivity contribution in [2.45, 2.75) is 4.90 Å². The van der Waals surface area contributed by atoms with Crippen molar-refractivity contribution in [3.05, 3.63) is 77.6 Å². The second-order valence-corrected chi connectivity index (χ2v) is 8.18. The number of H-pyrrole nitrogens is 1. The molecular formula is C19H13ClFN5O2S. The Hall–Kier alpha value is -3.30. The summed E-state index contributed by atoms with van der Waals surface area (Å²) in [6.07, 6.45) is 0. The van der Waals surface area contributed by atoms with Gasteiger partial charge >= 0.3 is 0 Å². The zero-order valence-corrected chi connectivity index (χ0v) is 16.2. The van der Waals surface area contributed by atoms with Crippen molar-refractivity contribution in [3.8, 4) is 22.5 Å². The summed E-state index contributed by atoms with van der Waals surface area (Å²) in [5.41, 5.74) is 2.03. The third-order valence-electron chi connectivity index (χ3n) is 4.15. The Morgan fingerprint density at radius 2 is 1.59 bits per heavy atom. The van der Waals surface area contributed by atoms with Crippen LogP contribution in [0.5, 0.6) is 0 Å². The Bertz CT molecular complexity index is 1250. The molecule has 0 spiro atoms. The molecule has 0 saturated heterocycles. The lowest BCUT2D eigenvalue weighted by molar-refractivity contribution is 0.601. The summed E-state index contributed by atoms with van der Waals surface area (Å²) in [4.78, 5) is 0.0264. The summed E-state index contributed by atoms with van der Waals surface area (Å²) >= 11 is 5.89. The Balaban J connectivity index is 1.65. The fraction of sp³-hybridized carbons (Fsp3) is 0. The van der Waals surface area contributed by atoms with Crippen LogP contribution in [-0.2, 0) is 10.0 Å². The molecule has 4 aromatic rings. The van der Waals surface area contributed by atoms with Gasteiger partial charge in [-0.1, -0.05) is 35.9 Å². The molecule has 7 nitrogen and oxygen atoms in total. The van der Waals surface area contributed by atoms with Crippen LogP contribution in [0.4, 0.5) is 10.1 Å². The van der Waals surface area contributed by atoms with Crippen molar-refractivity contribution >= 4 is 27.3 Å². The number of hydrogen-bond donors (Lipinski definition) is 2. The van der Waals surface area contributed by atoms with Crippen molar-refractivity contribution in [3.63, 3.8) is 0 Å². The lowest BCUT2D eigenvalue weighted by Gasteiger charge is -2.12. The summed E-state index contributed by atoms with van der Waals surface area (Å²) in [5.74, 6) is -0.464. The fourth-order valence-corrected chi connectivity index (χ4v) is 3.94. The van der Waals surface area contributed by atoms with Gasteiger partial charge in [-0.2, -0.15) is 5.21 Å². The molecule has 2 N–H and O–H groups in total. The Morgan fingerprint density at radius 3 is 2.21 bits per heavy atom. The molecule has 1 aromatic heterocycles. The maximum atomic E-state index is 13.7. The van der Waals surface area contributed by atoms with Gasteiger partial charge in [-0.3, -0.25) is 4.72 Å². The van der Waals surface area contributed by atoms with Crippen LogP contribution in [0.2, 0.25) is 5.02 Å². The van der Waals surface area contributed by atoms with E-state index in [1.807, 2.05) is 12.1 Å². The number of tetrazole rings is 1. The van der Waals surface area contributed by atoms with E-state index in [4.69, 9.17) is 11.6 Å². The summed E-state index contributed by atoms with van der Waals surface area (Å²) in [5, 5.41) is 14.0. The maximum Gasteiger partial charge on any atom is 0.261 e. The Labute approximate surface area is 170 Å². The van der Waals surface area contributed by atoms with Gasteiger partial charge in [0.05, 0.1) is 10.6 Å². The van der Waals surface area contributed by atoms with E-state index in [1.54, 1.807) is 24.3 Å². The maximum absolute atomic E-state index is 13.7. The average molecular weight is 430 g/mol. The molecule has 0 bridgehead atoms. The molecule has 0 aliphatic carbocycles. The van der Waals surface area contributed by atoms with E-state index in [2.05, 4.69) is 25.3 Å². The minimum absolute atomic E-state index is 0.00757. The fourth-order valence-electron chi connectivity index (χ4n) is 2.74. The molecule has 0 amide bonds. The van der Waals surface area contributed by atoms with E-state index in [0.717, 1.165) is 17.2 Å². The topological polar surface area (TPSA) is 101 Å². The van der Waals surface area contributed by atoms with E-state index < -0.39 is 15.8 Å². The van der Waals surface area contributed by atoms with Crippen LogP contribution < -0.4 is 4.72 Å². The van der Waals surface area contributed by atoms with E-state index in [9.17, 15) is 12.8 Å². The number of sulfonamides is 1. The summed E-state index contributed by atoms with van der Waals surface area (Å²) in [6, 6.07) is 17.1. The average Bonchev–Trinajstić information content (AvgIpc) is 3.23. The molecule has 0 aliphatic heterocycles. The number of nitrogens with one attached hydrogen (secondary N) is 2. The normalized spacial score (nSPS) is 11.4. The predicted octanol–water partition coefficient (Wildman–Crippen LogP) is 4.13. The van der Waals surface area contributed by atoms with E-state index in [1.165, 1.54) is 24.3 Å². The predicted molar refractivity (Wildman–Crippen MR) is 107 cm³/mol. The number of aromatic nitrogens is 4. The Kier molecular flexibility index (Phi) is 4.99. The van der Waals surface area contributed by atoms with Gasteiger partial charge in [0.1, 0.15) is 5.82 Å². The van der Waals surface area contributed by atoms with E-state index in [0.29, 0.717) is 10.6 Å². The second-order valence-electron chi connectivity index (χ2n) is 6.06. The van der Waals surface area contributed by atoms with Gasteiger partial charge < -0.3 is 0 Å². The zero-order chi connectivity index (χ0) is 20.4. The Morgan fingerprint density at radius 1 is 0.931 bits per heavy atom. The SMILES string of the molecule is O=S(=O)(Nc1cc(F)ccc1-c1nn[nH]n1)c1ccc(-c2ccc(Cl)cc2)cc1. The largest absolute Gasteiger partial charge is 0.279 e. The molecule has 0 aliphatic rings. The zero-order valence-electron chi connectivity index (χ0n) is 14.7. The molecule has 1 heterocycles. The molecule has 3 aromatic carbocycles. The van der Waals surface area contributed by atoms with Crippen molar-refractivity contribution in [1.82, 2.24) is 20.6 Å². The minimum atomic E-state index is -3.97. The lowest BCUT2D eigenvalue weighted by Crippen LogP contribution is -2.14. The van der Waals surface area contributed by atoms with Crippen molar-refractivity contribution in [1.29, 1.82) is 0 Å². The summed E-state index contributed by atoms with van der Waals surface area (Å²) < 4.78 is 41.7. The van der Waals surface area contributed by atoms with Crippen LogP contribution in [-0.4, -0.2) is 29.0 Å². The highest BCUT2D eigenvalue weighted by Gasteiger charge is 2.19. The highest BCUT2D eigenvalue weighted by Crippen LogP contribution is 2.29. The standard InChI is InChI=1S/C19H13ClFN5O2S/c20-14-5-1-12(2-6-14)13-3-8-16(9-4-13)29(27,28)24-18-11-15(21)7-10-17(18)19-22-25-26-23-19/h1-11,24H,(H,22,23,25,26). The molecule has 0 radical (unpaired) electrons. The first-order chi connectivity index (χ1) is 13.9. The third kappa shape index (κ3) is 4.10. The highest BCUT2D eigenvalue weighted by atomic mass is 35.5. The van der Waals surface area contributed by atoms with Crippen molar-refractivity contribution in [2.75, 3.05) is 4.72 Å². The first-order valence-corrected chi connectivity index (χ1v) is 10.2. The molecule has 4 rings (SSSR count). The van der Waals surface area contributed by atoms with Gasteiger partial charge in [-0.15, -0.1) is 10.2 Å². The first kappa shape index (κ1) is 19.0. The van der Waals surface area contributed by atoms with Crippen molar-refractivity contribution in [2.24, 2.45) is 0 Å². The monoisotopic (exact) mass is 429 g/mol. The van der Waals surface area contributed by atoms with Crippen molar-refractivity contribution < 1.29 is 12.8 Å². The van der Waals surface area contributed by atoms with Crippen LogP contribution in [0.1, 0.15) is 0 Å². The molecule has 0 atom stereocenters. The smallest absolute Gasteiger partial charge is 0.261 e. The van der Waals surface area contributed by atoms with Gasteiger partial charge in [0, 0.05) is 10.6 Å². The quantitative estimate of drug-likeness (QED) is 0.496. The highest BCUT2D eigenvalue weighted by molar-refractivity contribution is 7.92. The van der Waals surface area contributed by atoms with Crippen LogP contribution in [0.3, 0.4) is 0 Å². The van der Waals surface area contributed by atoms with Crippen LogP contribution in [0.25, 0.3) is 22.5 Å². The number of anilines is 1. The van der Waals surface area contributed by atoms with Gasteiger partial charge in [0.15, 0.2) is 0 Å². The number of nitrogens with zero attached hydrogens (tertiary/aromatic N) is 3. The van der Waals surface area contributed by atoms with E-state index >= 15 is 0 Å². The van der Waals surface area contributed by atoms with Crippen LogP contribution in [0.15, 0.2) is 71.6 Å². The molecule has 0 fully saturated rings. The van der Waals surface area contributed by atoms with Gasteiger partial charge in [-0.05, 0) is 58.8 Å². The number of rotatable bonds is 5. The summed E-state index contributed by atoms with van der Waals surface area (Å²) in [7, 11) is -3.97. The molecule has 0 unspecified atom stereocenters. The van der Waals surface area contributed by atoms with Crippen LogP contribution in [0, 0.1) is 5.82 Å². The third-order valence-corrected chi connectivity index (χ3v) is 5.79. The minimum Gasteiger partial charge on any atom is -0.279 e. The molecule has 29 heavy (non-hydrogen) atoms. The molecule has 10 heteroatoms. The second kappa shape index (κ2) is 7.61. The van der Waals surface area contributed by atoms with Gasteiger partial charge in [0.2, 0.25) is 5.82 Å². The van der Waals surface area contributed by atoms with E-state index in [-0.39, 0.29) is 16.4 Å². The first-order valence-electron chi connectivity index (χ1n) is 8.34. The van der Waals surface area contributed by atoms with Gasteiger partial charge in [-0.25, -0.2) is 12.8 Å². The summed E-state index contributed by atoms with van der Waals surface area (Å²) in [6.45, 7) is 0. The number of benzene rings is 3. The number of hydrogen-bond acceptors (Lipinski definition) is 5. The molecule has 146 valence electrons. The van der Waals surface area contributed by atoms with Gasteiger partial charge in [0.25, 0.3) is 10.0 Å². The lowest BCUT2D eigenvalue weighted by atomic mass is 10.1. The number of halogens is 2. The number of aromatic amines is 1. The van der Waals surface area contributed by atoms with Crippen LogP contribution >= 0.6 is 11.6 Å².